The van der Waals surface area contributed by atoms with Gasteiger partial charge in [-0.1, -0.05) is 12.2 Å². The van der Waals surface area contributed by atoms with E-state index < -0.39 is 0 Å². The van der Waals surface area contributed by atoms with Gasteiger partial charge in [0.2, 0.25) is 0 Å². The van der Waals surface area contributed by atoms with E-state index in [4.69, 9.17) is 9.47 Å². The first-order valence-corrected chi connectivity index (χ1v) is 5.05. The second-order valence-corrected chi connectivity index (χ2v) is 3.94. The lowest BCUT2D eigenvalue weighted by atomic mass is 9.96. The van der Waals surface area contributed by atoms with Gasteiger partial charge < -0.3 is 9.47 Å². The molecular weight excluding hydrogens is 178 g/mol. The van der Waals surface area contributed by atoms with E-state index in [0.717, 1.165) is 19.4 Å². The summed E-state index contributed by atoms with van der Waals surface area (Å²) >= 11 is 0. The molecular formula is C11H13NO2. The summed E-state index contributed by atoms with van der Waals surface area (Å²) in [5, 5.41) is 0. The summed E-state index contributed by atoms with van der Waals surface area (Å²) in [5.41, 5.74) is 0.987. The molecule has 1 spiro atoms. The molecule has 2 atom stereocenters. The molecule has 1 fully saturated rings. The predicted octanol–water partition coefficient (Wildman–Crippen LogP) is 1.46. The van der Waals surface area contributed by atoms with Gasteiger partial charge in [-0.05, 0) is 11.6 Å². The van der Waals surface area contributed by atoms with Gasteiger partial charge in [0, 0.05) is 25.7 Å². The average Bonchev–Trinajstić information content (AvgIpc) is 2.66. The Hall–Kier alpha value is -0.930. The van der Waals surface area contributed by atoms with Crippen molar-refractivity contribution in [2.45, 2.75) is 24.7 Å². The fourth-order valence-electron chi connectivity index (χ4n) is 2.08. The molecule has 0 N–H and O–H groups in total. The molecule has 74 valence electrons. The van der Waals surface area contributed by atoms with Gasteiger partial charge in [-0.25, -0.2) is 0 Å². The van der Waals surface area contributed by atoms with Gasteiger partial charge >= 0.3 is 0 Å². The van der Waals surface area contributed by atoms with Crippen LogP contribution in [0, 0.1) is 0 Å². The van der Waals surface area contributed by atoms with E-state index in [2.05, 4.69) is 23.2 Å². The highest BCUT2D eigenvalue weighted by atomic mass is 16.6. The summed E-state index contributed by atoms with van der Waals surface area (Å²) in [6.45, 7) is 1.46. The first-order chi connectivity index (χ1) is 6.88. The van der Waals surface area contributed by atoms with E-state index in [1.807, 2.05) is 6.21 Å². The first kappa shape index (κ1) is 8.38. The number of allylic oxidation sites excluding steroid dienone is 1. The molecule has 3 aliphatic heterocycles. The zero-order valence-corrected chi connectivity index (χ0v) is 7.98. The molecule has 0 aromatic heterocycles. The lowest BCUT2D eigenvalue weighted by molar-refractivity contribution is -0.0512. The van der Waals surface area contributed by atoms with Crippen molar-refractivity contribution in [3.63, 3.8) is 0 Å². The molecule has 3 rings (SSSR count). The van der Waals surface area contributed by atoms with E-state index >= 15 is 0 Å². The Morgan fingerprint density at radius 1 is 1.50 bits per heavy atom. The number of hydrogen-bond acceptors (Lipinski definition) is 3. The third kappa shape index (κ3) is 1.24. The molecule has 3 aliphatic rings. The van der Waals surface area contributed by atoms with Gasteiger partial charge in [0.1, 0.15) is 5.60 Å². The largest absolute Gasteiger partial charge is 0.378 e. The van der Waals surface area contributed by atoms with Crippen molar-refractivity contribution in [2.75, 3.05) is 13.2 Å². The summed E-state index contributed by atoms with van der Waals surface area (Å²) in [6, 6.07) is 0. The van der Waals surface area contributed by atoms with Crippen molar-refractivity contribution >= 4 is 6.21 Å². The van der Waals surface area contributed by atoms with Gasteiger partial charge in [0.25, 0.3) is 0 Å². The molecule has 1 saturated heterocycles. The first-order valence-electron chi connectivity index (χ1n) is 5.05. The molecule has 3 nitrogen and oxygen atoms in total. The number of nitrogens with zero attached hydrogens (tertiary/aromatic N) is 1. The number of rotatable bonds is 0. The molecule has 0 bridgehead atoms. The molecule has 2 unspecified atom stereocenters. The van der Waals surface area contributed by atoms with Crippen molar-refractivity contribution in [1.82, 2.24) is 0 Å². The Morgan fingerprint density at radius 2 is 2.50 bits per heavy atom. The lowest BCUT2D eigenvalue weighted by Crippen LogP contribution is -2.38. The average molecular weight is 191 g/mol. The van der Waals surface area contributed by atoms with Gasteiger partial charge in [0.15, 0.2) is 6.23 Å². The van der Waals surface area contributed by atoms with Crippen LogP contribution in [0.25, 0.3) is 0 Å². The standard InChI is InChI=1S/C11H13NO2/c1-2-9-3-4-11(5-7-13-8-11)14-10(9)12-6-1/h2-4,6,10H,1,5,7-8H2. The van der Waals surface area contributed by atoms with Gasteiger partial charge in [0.05, 0.1) is 6.61 Å². The summed E-state index contributed by atoms with van der Waals surface area (Å²) in [4.78, 5) is 4.35. The van der Waals surface area contributed by atoms with Crippen LogP contribution in [0.3, 0.4) is 0 Å². The minimum absolute atomic E-state index is 0.0875. The van der Waals surface area contributed by atoms with Crippen molar-refractivity contribution in [3.05, 3.63) is 23.8 Å². The number of hydrogen-bond donors (Lipinski definition) is 0. The van der Waals surface area contributed by atoms with Crippen LogP contribution in [0.2, 0.25) is 0 Å². The minimum atomic E-state index is -0.198. The Morgan fingerprint density at radius 3 is 3.36 bits per heavy atom. The van der Waals surface area contributed by atoms with E-state index in [-0.39, 0.29) is 11.8 Å². The Balaban J connectivity index is 1.90. The highest BCUT2D eigenvalue weighted by Gasteiger charge is 2.39. The Kier molecular flexibility index (Phi) is 1.82. The smallest absolute Gasteiger partial charge is 0.174 e. The van der Waals surface area contributed by atoms with Crippen LogP contribution in [0.1, 0.15) is 12.8 Å². The van der Waals surface area contributed by atoms with E-state index in [9.17, 15) is 0 Å². The lowest BCUT2D eigenvalue weighted by Gasteiger charge is -2.33. The number of ether oxygens (including phenoxy) is 2. The van der Waals surface area contributed by atoms with Crippen molar-refractivity contribution < 1.29 is 9.47 Å². The number of dihydropyridines is 1. The van der Waals surface area contributed by atoms with E-state index in [1.54, 1.807) is 0 Å². The van der Waals surface area contributed by atoms with E-state index in [0.29, 0.717) is 6.61 Å². The SMILES string of the molecule is C1=CC2(CCOC2)OC2N=CCC=C12. The van der Waals surface area contributed by atoms with Crippen molar-refractivity contribution in [2.24, 2.45) is 4.99 Å². The zero-order valence-electron chi connectivity index (χ0n) is 7.98. The maximum Gasteiger partial charge on any atom is 0.174 e. The van der Waals surface area contributed by atoms with Crippen LogP contribution in [-0.4, -0.2) is 31.3 Å². The van der Waals surface area contributed by atoms with Crippen molar-refractivity contribution in [1.29, 1.82) is 0 Å². The van der Waals surface area contributed by atoms with Crippen molar-refractivity contribution in [3.8, 4) is 0 Å². The minimum Gasteiger partial charge on any atom is -0.378 e. The van der Waals surface area contributed by atoms with Crippen LogP contribution in [-0.2, 0) is 9.47 Å². The van der Waals surface area contributed by atoms with Crippen LogP contribution in [0.5, 0.6) is 0 Å². The molecule has 3 heteroatoms. The second-order valence-electron chi connectivity index (χ2n) is 3.94. The zero-order chi connectivity index (χ0) is 9.43. The maximum atomic E-state index is 5.96. The molecule has 0 amide bonds. The molecule has 3 heterocycles. The summed E-state index contributed by atoms with van der Waals surface area (Å²) in [7, 11) is 0. The maximum absolute atomic E-state index is 5.96. The monoisotopic (exact) mass is 191 g/mol. The summed E-state index contributed by atoms with van der Waals surface area (Å²) in [6.07, 6.45) is 10.1. The quantitative estimate of drug-likeness (QED) is 0.580. The predicted molar refractivity (Wildman–Crippen MR) is 53.4 cm³/mol. The second kappa shape index (κ2) is 3.04. The number of aliphatic imine (C=N–C) groups is 1. The van der Waals surface area contributed by atoms with Gasteiger partial charge in [-0.2, -0.15) is 0 Å². The fourth-order valence-corrected chi connectivity index (χ4v) is 2.08. The van der Waals surface area contributed by atoms with Crippen LogP contribution >= 0.6 is 0 Å². The van der Waals surface area contributed by atoms with Gasteiger partial charge in [-0.15, -0.1) is 0 Å². The topological polar surface area (TPSA) is 30.8 Å². The van der Waals surface area contributed by atoms with Gasteiger partial charge in [-0.3, -0.25) is 4.99 Å². The molecule has 14 heavy (non-hydrogen) atoms. The van der Waals surface area contributed by atoms with Crippen LogP contribution in [0.15, 0.2) is 28.8 Å². The molecule has 0 aromatic carbocycles. The Labute approximate surface area is 83.1 Å². The Bertz CT molecular complexity index is 324. The normalized spacial score (nSPS) is 40.0. The summed E-state index contributed by atoms with van der Waals surface area (Å²) in [5.74, 6) is 0. The van der Waals surface area contributed by atoms with Crippen LogP contribution in [0.4, 0.5) is 0 Å². The third-order valence-electron chi connectivity index (χ3n) is 2.93. The highest BCUT2D eigenvalue weighted by Crippen LogP contribution is 2.34. The summed E-state index contributed by atoms with van der Waals surface area (Å²) < 4.78 is 11.3. The third-order valence-corrected chi connectivity index (χ3v) is 2.93. The molecule has 0 radical (unpaired) electrons. The number of fused-ring (bicyclic) bond motifs is 1. The molecule has 0 saturated carbocycles. The fraction of sp³-hybridized carbons (Fsp3) is 0.545. The van der Waals surface area contributed by atoms with Crippen LogP contribution < -0.4 is 0 Å². The molecule has 0 aromatic rings. The van der Waals surface area contributed by atoms with E-state index in [1.165, 1.54) is 5.57 Å². The highest BCUT2D eigenvalue weighted by molar-refractivity contribution is 5.63. The molecule has 0 aliphatic carbocycles.